The second-order valence-electron chi connectivity index (χ2n) is 5.41. The van der Waals surface area contributed by atoms with Gasteiger partial charge in [0.15, 0.2) is 23.9 Å². The van der Waals surface area contributed by atoms with Crippen molar-refractivity contribution in [2.75, 3.05) is 13.4 Å². The molecule has 0 fully saturated rings. The molecule has 1 aromatic carbocycles. The van der Waals surface area contributed by atoms with E-state index >= 15 is 0 Å². The van der Waals surface area contributed by atoms with Crippen LogP contribution in [0.25, 0.3) is 0 Å². The molecular formula is C17H17NO5. The lowest BCUT2D eigenvalue weighted by atomic mass is 10.1. The Kier molecular flexibility index (Phi) is 3.82. The molecule has 2 heterocycles. The summed E-state index contributed by atoms with van der Waals surface area (Å²) in [5.74, 6) is 1.50. The third-order valence-electron chi connectivity index (χ3n) is 3.78. The number of fused-ring (bicyclic) bond motifs is 1. The van der Waals surface area contributed by atoms with Crippen LogP contribution in [0.3, 0.4) is 0 Å². The average molecular weight is 315 g/mol. The number of aromatic nitrogens is 1. The minimum Gasteiger partial charge on any atom is -0.485 e. The number of H-pyrrole nitrogens is 1. The van der Waals surface area contributed by atoms with E-state index in [1.807, 2.05) is 0 Å². The van der Waals surface area contributed by atoms with Gasteiger partial charge in [0.1, 0.15) is 5.75 Å². The molecular weight excluding hydrogens is 298 g/mol. The highest BCUT2D eigenvalue weighted by atomic mass is 16.7. The van der Waals surface area contributed by atoms with Crippen LogP contribution < -0.4 is 14.2 Å². The highest BCUT2D eigenvalue weighted by molar-refractivity contribution is 6.03. The molecule has 1 N–H and O–H groups in total. The van der Waals surface area contributed by atoms with Gasteiger partial charge in [-0.05, 0) is 38.5 Å². The van der Waals surface area contributed by atoms with Gasteiger partial charge in [0.2, 0.25) is 12.6 Å². The van der Waals surface area contributed by atoms with Crippen molar-refractivity contribution in [2.24, 2.45) is 0 Å². The van der Waals surface area contributed by atoms with Gasteiger partial charge in [-0.1, -0.05) is 0 Å². The number of aromatic amines is 1. The molecule has 6 heteroatoms. The number of carbonyl (C=O) groups excluding carboxylic acids is 2. The first-order valence-electron chi connectivity index (χ1n) is 7.23. The minimum atomic E-state index is -0.212. The van der Waals surface area contributed by atoms with Crippen molar-refractivity contribution >= 4 is 11.6 Å². The summed E-state index contributed by atoms with van der Waals surface area (Å²) in [6.07, 6.45) is 0. The van der Waals surface area contributed by atoms with E-state index in [9.17, 15) is 9.59 Å². The topological polar surface area (TPSA) is 77.6 Å². The van der Waals surface area contributed by atoms with Crippen LogP contribution in [-0.4, -0.2) is 30.0 Å². The number of benzene rings is 1. The molecule has 0 spiro atoms. The number of hydrogen-bond acceptors (Lipinski definition) is 5. The second kappa shape index (κ2) is 5.79. The summed E-state index contributed by atoms with van der Waals surface area (Å²) in [6.45, 7) is 5.08. The summed E-state index contributed by atoms with van der Waals surface area (Å²) in [5.41, 5.74) is 2.33. The molecule has 3 rings (SSSR count). The molecule has 0 saturated heterocycles. The lowest BCUT2D eigenvalue weighted by Gasteiger charge is -2.06. The number of nitrogens with one attached hydrogen (secondary N) is 1. The molecule has 6 nitrogen and oxygen atoms in total. The zero-order valence-corrected chi connectivity index (χ0v) is 13.2. The third-order valence-corrected chi connectivity index (χ3v) is 3.78. The molecule has 1 aromatic heterocycles. The van der Waals surface area contributed by atoms with E-state index in [0.29, 0.717) is 39.8 Å². The molecule has 0 bridgehead atoms. The van der Waals surface area contributed by atoms with E-state index in [1.165, 1.54) is 6.92 Å². The standard InChI is InChI=1S/C17H17NO5/c1-9-16(11(3)19)10(2)18-17(9)13(20)7-21-12-4-5-14-15(6-12)23-8-22-14/h4-6,18H,7-8H2,1-3H3. The number of ketones is 2. The molecule has 1 aliphatic rings. The zero-order chi connectivity index (χ0) is 16.6. The first kappa shape index (κ1) is 15.1. The van der Waals surface area contributed by atoms with Crippen molar-refractivity contribution in [1.29, 1.82) is 0 Å². The van der Waals surface area contributed by atoms with Crippen LogP contribution in [0, 0.1) is 13.8 Å². The zero-order valence-electron chi connectivity index (χ0n) is 13.2. The molecule has 0 radical (unpaired) electrons. The van der Waals surface area contributed by atoms with Crippen LogP contribution in [0.1, 0.15) is 39.0 Å². The average Bonchev–Trinajstić information content (AvgIpc) is 3.08. The largest absolute Gasteiger partial charge is 0.485 e. The van der Waals surface area contributed by atoms with Crippen molar-refractivity contribution in [2.45, 2.75) is 20.8 Å². The van der Waals surface area contributed by atoms with E-state index in [-0.39, 0.29) is 25.0 Å². The van der Waals surface area contributed by atoms with E-state index in [2.05, 4.69) is 4.98 Å². The summed E-state index contributed by atoms with van der Waals surface area (Å²) in [4.78, 5) is 26.9. The fourth-order valence-electron chi connectivity index (χ4n) is 2.74. The van der Waals surface area contributed by atoms with E-state index < -0.39 is 0 Å². The van der Waals surface area contributed by atoms with Gasteiger partial charge in [0, 0.05) is 17.3 Å². The lowest BCUT2D eigenvalue weighted by molar-refractivity contribution is 0.0916. The fourth-order valence-corrected chi connectivity index (χ4v) is 2.74. The summed E-state index contributed by atoms with van der Waals surface area (Å²) in [7, 11) is 0. The molecule has 2 aromatic rings. The minimum absolute atomic E-state index is 0.0630. The molecule has 0 amide bonds. The van der Waals surface area contributed by atoms with E-state index in [4.69, 9.17) is 14.2 Å². The number of rotatable bonds is 5. The van der Waals surface area contributed by atoms with Crippen LogP contribution in [0.2, 0.25) is 0 Å². The van der Waals surface area contributed by atoms with Crippen molar-refractivity contribution in [1.82, 2.24) is 4.98 Å². The first-order chi connectivity index (χ1) is 11.0. The molecule has 120 valence electrons. The maximum Gasteiger partial charge on any atom is 0.231 e. The lowest BCUT2D eigenvalue weighted by Crippen LogP contribution is -2.13. The summed E-state index contributed by atoms with van der Waals surface area (Å²) in [5, 5.41) is 0. The Bertz CT molecular complexity index is 791. The molecule has 0 atom stereocenters. The van der Waals surface area contributed by atoms with Crippen molar-refractivity contribution in [3.8, 4) is 17.2 Å². The predicted octanol–water partition coefficient (Wildman–Crippen LogP) is 2.82. The molecule has 0 unspecified atom stereocenters. The normalized spacial score (nSPS) is 12.3. The number of carbonyl (C=O) groups is 2. The van der Waals surface area contributed by atoms with Gasteiger partial charge in [0.05, 0.1) is 5.69 Å². The van der Waals surface area contributed by atoms with Gasteiger partial charge in [-0.25, -0.2) is 0 Å². The van der Waals surface area contributed by atoms with Gasteiger partial charge in [0.25, 0.3) is 0 Å². The molecule has 1 aliphatic heterocycles. The number of hydrogen-bond donors (Lipinski definition) is 1. The quantitative estimate of drug-likeness (QED) is 0.858. The molecule has 23 heavy (non-hydrogen) atoms. The van der Waals surface area contributed by atoms with Gasteiger partial charge in [-0.2, -0.15) is 0 Å². The third kappa shape index (κ3) is 2.79. The van der Waals surface area contributed by atoms with Crippen molar-refractivity contribution in [3.05, 3.63) is 40.7 Å². The van der Waals surface area contributed by atoms with Crippen molar-refractivity contribution in [3.63, 3.8) is 0 Å². The number of aryl methyl sites for hydroxylation is 1. The van der Waals surface area contributed by atoms with E-state index in [0.717, 1.165) is 0 Å². The highest BCUT2D eigenvalue weighted by Gasteiger charge is 2.20. The number of ether oxygens (including phenoxy) is 3. The van der Waals surface area contributed by atoms with Gasteiger partial charge < -0.3 is 19.2 Å². The number of Topliss-reactive ketones (excluding diaryl/α,β-unsaturated/α-hetero) is 2. The van der Waals surface area contributed by atoms with Crippen LogP contribution in [-0.2, 0) is 0 Å². The Labute approximate surface area is 133 Å². The molecule has 0 saturated carbocycles. The van der Waals surface area contributed by atoms with Gasteiger partial charge in [-0.3, -0.25) is 9.59 Å². The van der Waals surface area contributed by atoms with Crippen LogP contribution in [0.15, 0.2) is 18.2 Å². The van der Waals surface area contributed by atoms with Gasteiger partial charge in [-0.15, -0.1) is 0 Å². The highest BCUT2D eigenvalue weighted by Crippen LogP contribution is 2.35. The van der Waals surface area contributed by atoms with Crippen LogP contribution in [0.4, 0.5) is 0 Å². The molecule has 0 aliphatic carbocycles. The van der Waals surface area contributed by atoms with Crippen molar-refractivity contribution < 1.29 is 23.8 Å². The van der Waals surface area contributed by atoms with Crippen LogP contribution in [0.5, 0.6) is 17.2 Å². The Morgan fingerprint density at radius 1 is 1.22 bits per heavy atom. The van der Waals surface area contributed by atoms with E-state index in [1.54, 1.807) is 32.0 Å². The summed E-state index contributed by atoms with van der Waals surface area (Å²) in [6, 6.07) is 5.14. The Morgan fingerprint density at radius 3 is 2.65 bits per heavy atom. The summed E-state index contributed by atoms with van der Waals surface area (Å²) >= 11 is 0. The van der Waals surface area contributed by atoms with Gasteiger partial charge >= 0.3 is 0 Å². The SMILES string of the molecule is CC(=O)c1c(C)[nH]c(C(=O)COc2ccc3c(c2)OCO3)c1C. The monoisotopic (exact) mass is 315 g/mol. The van der Waals surface area contributed by atoms with Crippen LogP contribution >= 0.6 is 0 Å². The first-order valence-corrected chi connectivity index (χ1v) is 7.23. The Morgan fingerprint density at radius 2 is 1.96 bits per heavy atom. The predicted molar refractivity (Wildman–Crippen MR) is 82.7 cm³/mol. The maximum absolute atomic E-state index is 12.3. The smallest absolute Gasteiger partial charge is 0.231 e. The Hall–Kier alpha value is -2.76. The fraction of sp³-hybridized carbons (Fsp3) is 0.294. The maximum atomic E-state index is 12.3. The second-order valence-corrected chi connectivity index (χ2v) is 5.41. The Balaban J connectivity index is 1.73. The summed E-state index contributed by atoms with van der Waals surface area (Å²) < 4.78 is 16.0.